The molecule has 1 saturated heterocycles. The number of amides is 1. The molecule has 10 heteroatoms. The standard InChI is InChI=1S/C21H31N5O3S2/c1-16(2)15-26-19(23-24-21(26)30-3)7-6-12-22-20(27)17-8-10-18(11-9-17)31(28,29)25-13-4-5-14-25/h8-11,16H,4-7,12-15H2,1-3H3,(H,22,27). The van der Waals surface area contributed by atoms with Gasteiger partial charge in [0.05, 0.1) is 4.90 Å². The van der Waals surface area contributed by atoms with E-state index in [4.69, 9.17) is 0 Å². The van der Waals surface area contributed by atoms with Gasteiger partial charge in [0.25, 0.3) is 5.91 Å². The first kappa shape index (κ1) is 23.7. The summed E-state index contributed by atoms with van der Waals surface area (Å²) in [4.78, 5) is 12.7. The number of carbonyl (C=O) groups excluding carboxylic acids is 1. The van der Waals surface area contributed by atoms with Crippen LogP contribution in [-0.4, -0.2) is 59.3 Å². The number of nitrogens with one attached hydrogen (secondary N) is 1. The van der Waals surface area contributed by atoms with Gasteiger partial charge in [-0.05, 0) is 55.7 Å². The molecule has 1 N–H and O–H groups in total. The molecule has 1 fully saturated rings. The Kier molecular flexibility index (Phi) is 8.12. The van der Waals surface area contributed by atoms with Crippen LogP contribution in [0.5, 0.6) is 0 Å². The summed E-state index contributed by atoms with van der Waals surface area (Å²) in [5.41, 5.74) is 0.452. The van der Waals surface area contributed by atoms with Crippen molar-refractivity contribution in [3.63, 3.8) is 0 Å². The van der Waals surface area contributed by atoms with Crippen molar-refractivity contribution in [2.45, 2.75) is 56.1 Å². The molecule has 0 saturated carbocycles. The zero-order chi connectivity index (χ0) is 22.4. The first-order valence-corrected chi connectivity index (χ1v) is 13.3. The summed E-state index contributed by atoms with van der Waals surface area (Å²) in [6.07, 6.45) is 5.26. The summed E-state index contributed by atoms with van der Waals surface area (Å²) in [5.74, 6) is 1.22. The summed E-state index contributed by atoms with van der Waals surface area (Å²) in [6.45, 7) is 6.83. The molecule has 8 nitrogen and oxygen atoms in total. The summed E-state index contributed by atoms with van der Waals surface area (Å²) < 4.78 is 28.8. The largest absolute Gasteiger partial charge is 0.352 e. The van der Waals surface area contributed by atoms with E-state index in [1.54, 1.807) is 23.9 Å². The lowest BCUT2D eigenvalue weighted by atomic mass is 10.2. The molecular weight excluding hydrogens is 434 g/mol. The molecule has 0 spiro atoms. The Balaban J connectivity index is 1.52. The van der Waals surface area contributed by atoms with Crippen LogP contribution < -0.4 is 5.32 Å². The summed E-state index contributed by atoms with van der Waals surface area (Å²) in [6, 6.07) is 6.17. The molecule has 0 radical (unpaired) electrons. The highest BCUT2D eigenvalue weighted by Crippen LogP contribution is 2.21. The number of aryl methyl sites for hydroxylation is 1. The summed E-state index contributed by atoms with van der Waals surface area (Å²) in [7, 11) is -3.46. The summed E-state index contributed by atoms with van der Waals surface area (Å²) in [5, 5.41) is 12.4. The Morgan fingerprint density at radius 1 is 1.16 bits per heavy atom. The van der Waals surface area contributed by atoms with Gasteiger partial charge in [0.15, 0.2) is 5.16 Å². The third-order valence-corrected chi connectivity index (χ3v) is 7.79. The number of hydrogen-bond donors (Lipinski definition) is 1. The van der Waals surface area contributed by atoms with Gasteiger partial charge >= 0.3 is 0 Å². The van der Waals surface area contributed by atoms with Gasteiger partial charge in [-0.1, -0.05) is 25.6 Å². The number of carbonyl (C=O) groups is 1. The van der Waals surface area contributed by atoms with E-state index < -0.39 is 10.0 Å². The third kappa shape index (κ3) is 5.87. The zero-order valence-corrected chi connectivity index (χ0v) is 20.0. The predicted octanol–water partition coefficient (Wildman–Crippen LogP) is 2.80. The molecule has 1 aromatic carbocycles. The minimum Gasteiger partial charge on any atom is -0.352 e. The van der Waals surface area contributed by atoms with Gasteiger partial charge in [-0.2, -0.15) is 4.31 Å². The van der Waals surface area contributed by atoms with Crippen molar-refractivity contribution in [3.05, 3.63) is 35.7 Å². The topological polar surface area (TPSA) is 97.2 Å². The highest BCUT2D eigenvalue weighted by molar-refractivity contribution is 7.98. The Morgan fingerprint density at radius 3 is 2.45 bits per heavy atom. The van der Waals surface area contributed by atoms with Crippen LogP contribution in [0.2, 0.25) is 0 Å². The molecule has 0 aliphatic carbocycles. The van der Waals surface area contributed by atoms with Crippen molar-refractivity contribution in [1.82, 2.24) is 24.4 Å². The van der Waals surface area contributed by atoms with E-state index >= 15 is 0 Å². The van der Waals surface area contributed by atoms with Crippen molar-refractivity contribution in [2.75, 3.05) is 25.9 Å². The van der Waals surface area contributed by atoms with E-state index in [2.05, 4.69) is 33.9 Å². The van der Waals surface area contributed by atoms with Crippen LogP contribution in [0, 0.1) is 5.92 Å². The minimum atomic E-state index is -3.46. The number of aromatic nitrogens is 3. The van der Waals surface area contributed by atoms with Gasteiger partial charge in [-0.3, -0.25) is 4.79 Å². The monoisotopic (exact) mass is 465 g/mol. The van der Waals surface area contributed by atoms with Gasteiger partial charge in [0, 0.05) is 38.2 Å². The lowest BCUT2D eigenvalue weighted by Crippen LogP contribution is -2.28. The van der Waals surface area contributed by atoms with Gasteiger partial charge in [-0.25, -0.2) is 8.42 Å². The average Bonchev–Trinajstić information content (AvgIpc) is 3.42. The molecule has 1 aliphatic rings. The lowest BCUT2D eigenvalue weighted by Gasteiger charge is -2.15. The fourth-order valence-electron chi connectivity index (χ4n) is 3.61. The first-order valence-electron chi connectivity index (χ1n) is 10.7. The molecule has 2 aromatic rings. The van der Waals surface area contributed by atoms with E-state index in [0.29, 0.717) is 31.1 Å². The highest BCUT2D eigenvalue weighted by atomic mass is 32.2. The Morgan fingerprint density at radius 2 is 1.84 bits per heavy atom. The van der Waals surface area contributed by atoms with Crippen LogP contribution in [0.3, 0.4) is 0 Å². The molecule has 0 bridgehead atoms. The molecule has 31 heavy (non-hydrogen) atoms. The molecule has 1 aromatic heterocycles. The van der Waals surface area contributed by atoms with E-state index in [1.165, 1.54) is 16.4 Å². The predicted molar refractivity (Wildman–Crippen MR) is 122 cm³/mol. The number of benzene rings is 1. The van der Waals surface area contributed by atoms with Gasteiger partial charge < -0.3 is 9.88 Å². The molecule has 1 amide bonds. The number of nitrogens with zero attached hydrogens (tertiary/aromatic N) is 4. The van der Waals surface area contributed by atoms with Crippen LogP contribution in [0.1, 0.15) is 49.3 Å². The SMILES string of the molecule is CSc1nnc(CCCNC(=O)c2ccc(S(=O)(=O)N3CCCC3)cc2)n1CC(C)C. The molecule has 2 heterocycles. The molecule has 0 atom stereocenters. The molecule has 1 aliphatic heterocycles. The zero-order valence-electron chi connectivity index (χ0n) is 18.4. The van der Waals surface area contributed by atoms with E-state index in [1.807, 2.05) is 6.26 Å². The van der Waals surface area contributed by atoms with Gasteiger partial charge in [0.1, 0.15) is 5.82 Å². The Bertz CT molecular complexity index is 981. The second-order valence-electron chi connectivity index (χ2n) is 8.10. The second-order valence-corrected chi connectivity index (χ2v) is 10.8. The Labute approximate surface area is 188 Å². The van der Waals surface area contributed by atoms with Crippen LogP contribution in [0.4, 0.5) is 0 Å². The quantitative estimate of drug-likeness (QED) is 0.428. The molecule has 170 valence electrons. The van der Waals surface area contributed by atoms with E-state index in [-0.39, 0.29) is 10.8 Å². The normalized spacial score (nSPS) is 15.0. The van der Waals surface area contributed by atoms with Crippen LogP contribution >= 0.6 is 11.8 Å². The fraction of sp³-hybridized carbons (Fsp3) is 0.571. The van der Waals surface area contributed by atoms with Crippen molar-refractivity contribution >= 4 is 27.7 Å². The molecule has 0 unspecified atom stereocenters. The van der Waals surface area contributed by atoms with Crippen LogP contribution in [-0.2, 0) is 23.0 Å². The first-order chi connectivity index (χ1) is 14.8. The lowest BCUT2D eigenvalue weighted by molar-refractivity contribution is 0.0953. The Hall–Kier alpha value is -1.91. The number of rotatable bonds is 10. The maximum absolute atomic E-state index is 12.6. The van der Waals surface area contributed by atoms with Crippen molar-refractivity contribution in [1.29, 1.82) is 0 Å². The van der Waals surface area contributed by atoms with Gasteiger partial charge in [-0.15, -0.1) is 10.2 Å². The number of hydrogen-bond acceptors (Lipinski definition) is 6. The van der Waals surface area contributed by atoms with Crippen LogP contribution in [0.25, 0.3) is 0 Å². The van der Waals surface area contributed by atoms with Crippen LogP contribution in [0.15, 0.2) is 34.3 Å². The van der Waals surface area contributed by atoms with Gasteiger partial charge in [0.2, 0.25) is 10.0 Å². The molecular formula is C21H31N5O3S2. The van der Waals surface area contributed by atoms with Crippen molar-refractivity contribution in [3.8, 4) is 0 Å². The summed E-state index contributed by atoms with van der Waals surface area (Å²) >= 11 is 1.58. The minimum absolute atomic E-state index is 0.210. The smallest absolute Gasteiger partial charge is 0.251 e. The highest BCUT2D eigenvalue weighted by Gasteiger charge is 2.27. The number of sulfonamides is 1. The number of thioether (sulfide) groups is 1. The average molecular weight is 466 g/mol. The third-order valence-electron chi connectivity index (χ3n) is 5.21. The second kappa shape index (κ2) is 10.6. The van der Waals surface area contributed by atoms with E-state index in [0.717, 1.165) is 43.2 Å². The van der Waals surface area contributed by atoms with Crippen molar-refractivity contribution in [2.24, 2.45) is 5.92 Å². The maximum Gasteiger partial charge on any atom is 0.251 e. The molecule has 3 rings (SSSR count). The van der Waals surface area contributed by atoms with E-state index in [9.17, 15) is 13.2 Å². The fourth-order valence-corrected chi connectivity index (χ4v) is 5.65. The maximum atomic E-state index is 12.6. The van der Waals surface area contributed by atoms with Crippen molar-refractivity contribution < 1.29 is 13.2 Å².